The predicted molar refractivity (Wildman–Crippen MR) is 495 cm³/mol. The lowest BCUT2D eigenvalue weighted by molar-refractivity contribution is 0.0991. The number of ether oxygens (including phenoxy) is 2. The third-order valence-electron chi connectivity index (χ3n) is 23.9. The lowest BCUT2D eigenvalue weighted by Gasteiger charge is -2.36. The van der Waals surface area contributed by atoms with Crippen molar-refractivity contribution in [3.8, 4) is 11.5 Å². The molecule has 8 amide bonds. The van der Waals surface area contributed by atoms with Crippen molar-refractivity contribution in [1.29, 1.82) is 0 Å². The number of aromatic nitrogens is 16. The average molecular weight is 1780 g/mol. The Balaban J connectivity index is 0.000000246. The van der Waals surface area contributed by atoms with Gasteiger partial charge < -0.3 is 59.5 Å². The van der Waals surface area contributed by atoms with Crippen LogP contribution >= 0.6 is 0 Å². The van der Waals surface area contributed by atoms with Crippen molar-refractivity contribution in [2.24, 2.45) is 30.0 Å². The van der Waals surface area contributed by atoms with Crippen molar-refractivity contribution in [2.75, 3.05) is 47.7 Å². The first kappa shape index (κ1) is 95.0. The average Bonchev–Trinajstić information content (AvgIpc) is 1.61. The van der Waals surface area contributed by atoms with Gasteiger partial charge in [-0.2, -0.15) is 20.4 Å². The number of nitrogens with two attached hydrogens (primary N) is 4. The van der Waals surface area contributed by atoms with Gasteiger partial charge in [0.2, 0.25) is 47.4 Å². The Morgan fingerprint density at radius 3 is 0.969 bits per heavy atom. The van der Waals surface area contributed by atoms with Gasteiger partial charge >= 0.3 is 0 Å². The lowest BCUT2D eigenvalue weighted by atomic mass is 10.1. The maximum atomic E-state index is 14.0. The van der Waals surface area contributed by atoms with Crippen molar-refractivity contribution >= 4 is 132 Å². The molecule has 0 aliphatic heterocycles. The van der Waals surface area contributed by atoms with Crippen LogP contribution in [0.1, 0.15) is 259 Å². The Morgan fingerprint density at radius 2 is 0.669 bits per heavy atom. The molecule has 0 bridgehead atoms. The molecule has 12 aromatic rings. The second-order valence-electron chi connectivity index (χ2n) is 35.5. The predicted octanol–water partition coefficient (Wildman–Crippen LogP) is 14.6. The minimum absolute atomic E-state index is 0.0533. The Labute approximate surface area is 740 Å². The maximum Gasteiger partial charge on any atom is 0.276 e. The molecule has 127 heavy (non-hydrogen) atoms. The summed E-state index contributed by atoms with van der Waals surface area (Å²) in [4.78, 5) is 124. The van der Waals surface area contributed by atoms with E-state index in [4.69, 9.17) is 61.2 Å². The fourth-order valence-corrected chi connectivity index (χ4v) is 17.1. The molecule has 12 N–H and O–H groups in total. The van der Waals surface area contributed by atoms with Gasteiger partial charge in [-0.25, -0.2) is 19.9 Å². The summed E-state index contributed by atoms with van der Waals surface area (Å²) in [6.45, 7) is 46.1. The maximum absolute atomic E-state index is 14.0. The third kappa shape index (κ3) is 21.2. The van der Waals surface area contributed by atoms with E-state index in [0.29, 0.717) is 179 Å². The summed E-state index contributed by atoms with van der Waals surface area (Å²) < 4.78 is 39.8. The molecule has 0 aliphatic rings. The summed E-state index contributed by atoms with van der Waals surface area (Å²) in [6.07, 6.45) is 3.36. The molecule has 0 saturated heterocycles. The number of nitrogens with zero attached hydrogens (tertiary/aromatic N) is 16. The molecule has 4 atom stereocenters. The van der Waals surface area contributed by atoms with Crippen LogP contribution in [0.3, 0.4) is 0 Å². The number of carbonyl (C=O) groups is 8. The fourth-order valence-electron chi connectivity index (χ4n) is 14.9. The number of carbonyl (C=O) groups excluding carboxylic acids is 8. The number of anilines is 4. The number of amides is 8. The van der Waals surface area contributed by atoms with E-state index < -0.39 is 58.0 Å². The molecule has 38 heteroatoms. The summed E-state index contributed by atoms with van der Waals surface area (Å²) in [5.41, 5.74) is 32.5. The zero-order valence-corrected chi connectivity index (χ0v) is 78.9. The number of fused-ring (bicyclic) bond motifs is 4. The van der Waals surface area contributed by atoms with Crippen molar-refractivity contribution in [1.82, 2.24) is 77.3 Å². The highest BCUT2D eigenvalue weighted by molar-refractivity contribution is 6.74. The highest BCUT2D eigenvalue weighted by Crippen LogP contribution is 2.42. The first-order chi connectivity index (χ1) is 59.7. The van der Waals surface area contributed by atoms with Gasteiger partial charge in [0.15, 0.2) is 16.6 Å². The van der Waals surface area contributed by atoms with Crippen LogP contribution in [0.5, 0.6) is 11.5 Å². The first-order valence-corrected chi connectivity index (χ1v) is 48.8. The molecule has 8 heterocycles. The molecule has 0 radical (unpaired) electrons. The number of hydrogen-bond donors (Lipinski definition) is 8. The van der Waals surface area contributed by atoms with Crippen LogP contribution < -0.4 is 53.7 Å². The summed E-state index contributed by atoms with van der Waals surface area (Å²) >= 11 is 0. The van der Waals surface area contributed by atoms with Gasteiger partial charge in [0.1, 0.15) is 45.3 Å². The highest BCUT2D eigenvalue weighted by atomic mass is 28.4. The van der Waals surface area contributed by atoms with Crippen LogP contribution in [0.25, 0.3) is 44.1 Å². The van der Waals surface area contributed by atoms with E-state index in [1.54, 1.807) is 113 Å². The van der Waals surface area contributed by atoms with Crippen LogP contribution in [0.15, 0.2) is 84.9 Å². The SMILES string of the molecule is CCn1nc(C)cc1C(=O)Nc1nc2cc(C(N)=O)cc(OCCCO[Si](C)(C)C(C)(C)C)c2n1C(C)CCC(C)n1c(NC(=O)c2cc(C)nn2C)nc2cc(C(N)=O)ccc21.CCn1nc(C)cc1C(=O)Nc1nc2cc(C(N)=O)ccc2n1C(C)CCC(C)n1c(NC(=O)c2cc(C)nn2CC)nc2cc(C(N)=O)cc(OCCCO[Si](C)(C)C(C)(C)C)c21. The van der Waals surface area contributed by atoms with Crippen LogP contribution in [0, 0.1) is 27.7 Å². The van der Waals surface area contributed by atoms with Crippen molar-refractivity contribution in [3.05, 3.63) is 153 Å². The van der Waals surface area contributed by atoms with E-state index in [-0.39, 0.29) is 93.5 Å². The van der Waals surface area contributed by atoms with Gasteiger partial charge in [0, 0.05) is 99.2 Å². The van der Waals surface area contributed by atoms with E-state index >= 15 is 0 Å². The number of primary amides is 4. The van der Waals surface area contributed by atoms with E-state index in [9.17, 15) is 38.4 Å². The summed E-state index contributed by atoms with van der Waals surface area (Å²) in [6, 6.07) is 22.2. The molecule has 0 spiro atoms. The molecule has 12 rings (SSSR count). The Kier molecular flexibility index (Phi) is 28.9. The molecule has 8 aromatic heterocycles. The fraction of sp³-hybridized carbons (Fsp3) is 0.461. The van der Waals surface area contributed by atoms with Crippen molar-refractivity contribution in [2.45, 2.75) is 236 Å². The Morgan fingerprint density at radius 1 is 0.386 bits per heavy atom. The highest BCUT2D eigenvalue weighted by Gasteiger charge is 2.39. The van der Waals surface area contributed by atoms with Gasteiger partial charge in [-0.3, -0.25) is 78.4 Å². The Bertz CT molecular complexity index is 6160. The van der Waals surface area contributed by atoms with Crippen molar-refractivity contribution in [3.63, 3.8) is 0 Å². The van der Waals surface area contributed by atoms with Crippen LogP contribution in [0.2, 0.25) is 36.3 Å². The number of aryl methyl sites for hydroxylation is 8. The molecule has 678 valence electrons. The van der Waals surface area contributed by atoms with Gasteiger partial charge in [-0.1, -0.05) is 41.5 Å². The smallest absolute Gasteiger partial charge is 0.276 e. The van der Waals surface area contributed by atoms with E-state index in [1.165, 1.54) is 4.68 Å². The zero-order valence-electron chi connectivity index (χ0n) is 76.9. The lowest BCUT2D eigenvalue weighted by Crippen LogP contribution is -2.41. The quantitative estimate of drug-likeness (QED) is 0.0132. The van der Waals surface area contributed by atoms with E-state index in [1.807, 2.05) is 87.5 Å². The summed E-state index contributed by atoms with van der Waals surface area (Å²) in [5, 5.41) is 29.8. The molecular formula is C89H122N24O12Si2. The van der Waals surface area contributed by atoms with E-state index in [0.717, 1.165) is 0 Å². The van der Waals surface area contributed by atoms with E-state index in [2.05, 4.69) is 109 Å². The van der Waals surface area contributed by atoms with Crippen LogP contribution in [0.4, 0.5) is 23.8 Å². The second kappa shape index (κ2) is 38.6. The number of hydrogen-bond acceptors (Lipinski definition) is 20. The van der Waals surface area contributed by atoms with Crippen LogP contribution in [-0.4, -0.2) is 168 Å². The zero-order chi connectivity index (χ0) is 93.0. The van der Waals surface area contributed by atoms with Gasteiger partial charge in [-0.05, 0) is 223 Å². The summed E-state index contributed by atoms with van der Waals surface area (Å²) in [7, 11) is -2.28. The molecule has 0 saturated carbocycles. The van der Waals surface area contributed by atoms with Gasteiger partial charge in [0.05, 0.1) is 69.1 Å². The molecule has 4 aromatic carbocycles. The van der Waals surface area contributed by atoms with Crippen molar-refractivity contribution < 1.29 is 56.7 Å². The van der Waals surface area contributed by atoms with Crippen LogP contribution in [-0.2, 0) is 35.5 Å². The molecule has 0 aliphatic carbocycles. The normalized spacial score (nSPS) is 13.1. The molecule has 0 fully saturated rings. The Hall–Kier alpha value is -12.7. The van der Waals surface area contributed by atoms with Gasteiger partial charge in [0.25, 0.3) is 23.6 Å². The third-order valence-corrected chi connectivity index (χ3v) is 32.9. The number of rotatable bonds is 37. The monoisotopic (exact) mass is 1770 g/mol. The largest absolute Gasteiger partial charge is 0.491 e. The number of imidazole rings is 4. The molecular weight excluding hydrogens is 1650 g/mol. The summed E-state index contributed by atoms with van der Waals surface area (Å²) in [5.74, 6) is -2.23. The first-order valence-electron chi connectivity index (χ1n) is 43.0. The standard InChI is InChI=1S/C45H62N12O6Si.C44H60N12O6Si/c1-12-54-35(21-26(3)52-54)41(60)50-43-48-32-23-30(39(46)58)17-18-34(32)56(43)28(5)15-16-29(6)57-38-33(49-44(57)51-42(61)36-22-27(4)53-55(36)13-2)24-31(40(47)59)25-37(38)62-19-14-20-63-64(10,11)45(7,8)9;1-12-54-35(21-26(3)52-54)41(60)50-43-48-32-23-30(39(46)58)24-36(61-18-13-19-62-63(10,11)44(6,7)8)37(32)56(43)28(5)15-14-27(4)55-33-17-16-29(38(45)57)22-31(33)47-42(55)49-40(59)34-20-25(2)51-53(34)9/h17-18,21-25,28-29H,12-16,19-20H2,1-11H3,(H2,46,58)(H2,47,59)(H,48,50,60)(H,49,51,61);16-17,20-24,27-28H,12-15,18-19H2,1-11H3,(H2,45,57)(H2,46,58)(H,47,49,59)(H,48,50,60). The number of benzene rings is 4. The minimum Gasteiger partial charge on any atom is -0.491 e. The topological polar surface area (TPSA) is 468 Å². The molecule has 4 unspecified atom stereocenters. The van der Waals surface area contributed by atoms with Gasteiger partial charge in [-0.15, -0.1) is 0 Å². The number of nitrogens with one attached hydrogen (secondary N) is 4. The second-order valence-corrected chi connectivity index (χ2v) is 45.1. The minimum atomic E-state index is -1.99. The molecule has 36 nitrogen and oxygen atoms in total.